The van der Waals surface area contributed by atoms with Crippen LogP contribution in [0, 0.1) is 0 Å². The average molecular weight is 228 g/mol. The molecule has 2 rings (SSSR count). The molecular weight excluding hydrogens is 218 g/mol. The maximum absolute atomic E-state index is 11.2. The lowest BCUT2D eigenvalue weighted by atomic mass is 10.3. The summed E-state index contributed by atoms with van der Waals surface area (Å²) in [6.45, 7) is 0.954. The van der Waals surface area contributed by atoms with Crippen molar-refractivity contribution in [1.82, 2.24) is 0 Å². The van der Waals surface area contributed by atoms with Crippen LogP contribution in [-0.4, -0.2) is 25.4 Å². The fourth-order valence-electron chi connectivity index (χ4n) is 1.04. The normalized spacial score (nSPS) is 18.3. The molecular formula is C10H10ClNO3. The smallest absolute Gasteiger partial charge is 0.411 e. The van der Waals surface area contributed by atoms with E-state index >= 15 is 0 Å². The third-order valence-electron chi connectivity index (χ3n) is 1.91. The SMILES string of the molecule is O=C(Nc1ccccc1Cl)OC[C@@H]1CO1. The molecule has 0 aliphatic carbocycles. The van der Waals surface area contributed by atoms with Gasteiger partial charge in [0, 0.05) is 0 Å². The van der Waals surface area contributed by atoms with E-state index in [1.807, 2.05) is 0 Å². The zero-order valence-corrected chi connectivity index (χ0v) is 8.66. The minimum atomic E-state index is -0.515. The molecule has 1 aromatic rings. The van der Waals surface area contributed by atoms with Gasteiger partial charge in [0.15, 0.2) is 0 Å². The van der Waals surface area contributed by atoms with E-state index in [0.717, 1.165) is 0 Å². The van der Waals surface area contributed by atoms with Crippen LogP contribution in [0.5, 0.6) is 0 Å². The lowest BCUT2D eigenvalue weighted by Gasteiger charge is -2.06. The fraction of sp³-hybridized carbons (Fsp3) is 0.300. The zero-order valence-electron chi connectivity index (χ0n) is 7.90. The fourth-order valence-corrected chi connectivity index (χ4v) is 1.22. The third-order valence-corrected chi connectivity index (χ3v) is 2.24. The predicted molar refractivity (Wildman–Crippen MR) is 56.2 cm³/mol. The highest BCUT2D eigenvalue weighted by Gasteiger charge is 2.24. The Morgan fingerprint density at radius 3 is 3.00 bits per heavy atom. The number of anilines is 1. The zero-order chi connectivity index (χ0) is 10.7. The van der Waals surface area contributed by atoms with Gasteiger partial charge in [-0.3, -0.25) is 5.32 Å². The topological polar surface area (TPSA) is 50.9 Å². The number of carbonyl (C=O) groups excluding carboxylic acids is 1. The summed E-state index contributed by atoms with van der Waals surface area (Å²) < 4.78 is 9.79. The molecule has 5 heteroatoms. The summed E-state index contributed by atoms with van der Waals surface area (Å²) in [4.78, 5) is 11.2. The maximum Gasteiger partial charge on any atom is 0.411 e. The molecule has 0 spiro atoms. The van der Waals surface area contributed by atoms with Crippen molar-refractivity contribution in [3.8, 4) is 0 Å². The molecule has 1 atom stereocenters. The van der Waals surface area contributed by atoms with Crippen molar-refractivity contribution in [3.05, 3.63) is 29.3 Å². The molecule has 0 unspecified atom stereocenters. The van der Waals surface area contributed by atoms with Crippen LogP contribution in [-0.2, 0) is 9.47 Å². The van der Waals surface area contributed by atoms with E-state index in [-0.39, 0.29) is 12.7 Å². The second kappa shape index (κ2) is 4.51. The van der Waals surface area contributed by atoms with Gasteiger partial charge in [0.2, 0.25) is 0 Å². The first-order chi connectivity index (χ1) is 7.25. The Morgan fingerprint density at radius 2 is 2.33 bits per heavy atom. The summed E-state index contributed by atoms with van der Waals surface area (Å²) in [5.74, 6) is 0. The van der Waals surface area contributed by atoms with E-state index in [1.54, 1.807) is 24.3 Å². The van der Waals surface area contributed by atoms with Crippen LogP contribution < -0.4 is 5.32 Å². The van der Waals surface area contributed by atoms with Crippen LogP contribution in [0.15, 0.2) is 24.3 Å². The number of benzene rings is 1. The first-order valence-electron chi connectivity index (χ1n) is 4.55. The Balaban J connectivity index is 1.84. The first kappa shape index (κ1) is 10.3. The van der Waals surface area contributed by atoms with Gasteiger partial charge >= 0.3 is 6.09 Å². The standard InChI is InChI=1S/C10H10ClNO3/c11-8-3-1-2-4-9(8)12-10(13)15-6-7-5-14-7/h1-4,7H,5-6H2,(H,12,13)/t7-/m0/s1. The maximum atomic E-state index is 11.2. The van der Waals surface area contributed by atoms with Gasteiger partial charge in [0.25, 0.3) is 0 Å². The second-order valence-corrected chi connectivity index (χ2v) is 3.57. The van der Waals surface area contributed by atoms with E-state index in [4.69, 9.17) is 21.1 Å². The second-order valence-electron chi connectivity index (χ2n) is 3.16. The molecule has 1 aliphatic heterocycles. The highest BCUT2D eigenvalue weighted by Crippen LogP contribution is 2.20. The van der Waals surface area contributed by atoms with Crippen LogP contribution in [0.1, 0.15) is 0 Å². The van der Waals surface area contributed by atoms with Gasteiger partial charge in [-0.25, -0.2) is 4.79 Å². The van der Waals surface area contributed by atoms with Gasteiger partial charge in [-0.1, -0.05) is 23.7 Å². The van der Waals surface area contributed by atoms with Crippen molar-refractivity contribution in [2.45, 2.75) is 6.10 Å². The Labute approximate surface area is 92.1 Å². The predicted octanol–water partition coefficient (Wildman–Crippen LogP) is 2.29. The number of para-hydroxylation sites is 1. The largest absolute Gasteiger partial charge is 0.446 e. The number of amides is 1. The average Bonchev–Trinajstić information content (AvgIpc) is 3.02. The van der Waals surface area contributed by atoms with E-state index in [9.17, 15) is 4.79 Å². The minimum absolute atomic E-state index is 0.0713. The first-order valence-corrected chi connectivity index (χ1v) is 4.93. The van der Waals surface area contributed by atoms with Gasteiger partial charge < -0.3 is 9.47 Å². The number of carbonyl (C=O) groups is 1. The molecule has 0 aromatic heterocycles. The Kier molecular flexibility index (Phi) is 3.08. The Bertz CT molecular complexity index is 365. The summed E-state index contributed by atoms with van der Waals surface area (Å²) >= 11 is 5.85. The number of rotatable bonds is 3. The third kappa shape index (κ3) is 3.11. The minimum Gasteiger partial charge on any atom is -0.446 e. The Morgan fingerprint density at radius 1 is 1.60 bits per heavy atom. The molecule has 80 valence electrons. The van der Waals surface area contributed by atoms with Gasteiger partial charge in [-0.2, -0.15) is 0 Å². The van der Waals surface area contributed by atoms with Crippen molar-refractivity contribution < 1.29 is 14.3 Å². The van der Waals surface area contributed by atoms with Crippen molar-refractivity contribution in [3.63, 3.8) is 0 Å². The van der Waals surface area contributed by atoms with Gasteiger partial charge in [0.1, 0.15) is 12.7 Å². The summed E-state index contributed by atoms with van der Waals surface area (Å²) in [7, 11) is 0. The molecule has 1 fully saturated rings. The molecule has 0 bridgehead atoms. The van der Waals surface area contributed by atoms with Gasteiger partial charge in [-0.15, -0.1) is 0 Å². The van der Waals surface area contributed by atoms with Crippen LogP contribution in [0.3, 0.4) is 0 Å². The quantitative estimate of drug-likeness (QED) is 0.806. The van der Waals surface area contributed by atoms with Crippen LogP contribution in [0.4, 0.5) is 10.5 Å². The van der Waals surface area contributed by atoms with Crippen molar-refractivity contribution in [2.24, 2.45) is 0 Å². The molecule has 4 nitrogen and oxygen atoms in total. The summed E-state index contributed by atoms with van der Waals surface area (Å²) in [5, 5.41) is 3.03. The van der Waals surface area contributed by atoms with E-state index in [2.05, 4.69) is 5.32 Å². The van der Waals surface area contributed by atoms with E-state index in [1.165, 1.54) is 0 Å². The highest BCUT2D eigenvalue weighted by molar-refractivity contribution is 6.33. The van der Waals surface area contributed by atoms with E-state index < -0.39 is 6.09 Å². The summed E-state index contributed by atoms with van der Waals surface area (Å²) in [5.41, 5.74) is 0.542. The van der Waals surface area contributed by atoms with Crippen LogP contribution >= 0.6 is 11.6 Å². The Hall–Kier alpha value is -1.26. The van der Waals surface area contributed by atoms with Gasteiger partial charge in [0.05, 0.1) is 17.3 Å². The molecule has 1 aromatic carbocycles. The molecule has 1 heterocycles. The summed E-state index contributed by atoms with van der Waals surface area (Å²) in [6, 6.07) is 6.97. The van der Waals surface area contributed by atoms with Crippen LogP contribution in [0.2, 0.25) is 5.02 Å². The number of hydrogen-bond donors (Lipinski definition) is 1. The van der Waals surface area contributed by atoms with E-state index in [0.29, 0.717) is 17.3 Å². The molecule has 0 saturated carbocycles. The molecule has 1 saturated heterocycles. The molecule has 1 aliphatic rings. The van der Waals surface area contributed by atoms with Crippen molar-refractivity contribution >= 4 is 23.4 Å². The number of epoxide rings is 1. The van der Waals surface area contributed by atoms with Crippen LogP contribution in [0.25, 0.3) is 0 Å². The number of hydrogen-bond acceptors (Lipinski definition) is 3. The number of halogens is 1. The lowest BCUT2D eigenvalue weighted by Crippen LogP contribution is -2.16. The monoisotopic (exact) mass is 227 g/mol. The van der Waals surface area contributed by atoms with Gasteiger partial charge in [-0.05, 0) is 12.1 Å². The van der Waals surface area contributed by atoms with Crippen molar-refractivity contribution in [2.75, 3.05) is 18.5 Å². The lowest BCUT2D eigenvalue weighted by molar-refractivity contribution is 0.150. The number of ether oxygens (including phenoxy) is 2. The molecule has 1 N–H and O–H groups in total. The molecule has 0 radical (unpaired) electrons. The molecule has 15 heavy (non-hydrogen) atoms. The number of nitrogens with one attached hydrogen (secondary N) is 1. The summed E-state index contributed by atoms with van der Waals surface area (Å²) in [6.07, 6.45) is -0.444. The highest BCUT2D eigenvalue weighted by atomic mass is 35.5. The van der Waals surface area contributed by atoms with Crippen molar-refractivity contribution in [1.29, 1.82) is 0 Å². The molecule has 1 amide bonds.